The molecule has 0 radical (unpaired) electrons. The van der Waals surface area contributed by atoms with E-state index in [1.54, 1.807) is 0 Å². The van der Waals surface area contributed by atoms with Gasteiger partial charge in [0.15, 0.2) is 0 Å². The van der Waals surface area contributed by atoms with Crippen molar-refractivity contribution < 1.29 is 4.79 Å². The largest absolute Gasteiger partial charge is 0.345 e. The van der Waals surface area contributed by atoms with Crippen LogP contribution in [-0.4, -0.2) is 5.91 Å². The normalized spacial score (nSPS) is 20.5. The molecule has 1 aliphatic rings. The fourth-order valence-corrected chi connectivity index (χ4v) is 2.23. The first-order chi connectivity index (χ1) is 5.70. The third kappa shape index (κ3) is 0.966. The molecular weight excluding hydrogens is 218 g/mol. The number of hydrogen-bond acceptors (Lipinski definition) is 1. The van der Waals surface area contributed by atoms with Gasteiger partial charge in [-0.05, 0) is 19.1 Å². The van der Waals surface area contributed by atoms with E-state index in [4.69, 9.17) is 0 Å². The maximum Gasteiger partial charge on any atom is 0.252 e. The quantitative estimate of drug-likeness (QED) is 0.722. The Balaban J connectivity index is 2.67. The maximum atomic E-state index is 11.3. The smallest absolute Gasteiger partial charge is 0.252 e. The Labute approximate surface area is 79.1 Å². The molecule has 2 rings (SSSR count). The zero-order valence-electron chi connectivity index (χ0n) is 6.60. The van der Waals surface area contributed by atoms with Crippen molar-refractivity contribution in [1.82, 2.24) is 5.32 Å². The van der Waals surface area contributed by atoms with Crippen LogP contribution in [0.15, 0.2) is 22.7 Å². The predicted octanol–water partition coefficient (Wildman–Crippen LogP) is 2.25. The van der Waals surface area contributed by atoms with Crippen molar-refractivity contribution in [1.29, 1.82) is 0 Å². The number of carbonyl (C=O) groups excluding carboxylic acids is 1. The van der Waals surface area contributed by atoms with Gasteiger partial charge in [0.25, 0.3) is 5.91 Å². The third-order valence-corrected chi connectivity index (χ3v) is 2.77. The highest BCUT2D eigenvalue weighted by atomic mass is 79.9. The molecule has 0 saturated heterocycles. The van der Waals surface area contributed by atoms with E-state index < -0.39 is 0 Å². The van der Waals surface area contributed by atoms with Crippen LogP contribution in [0.3, 0.4) is 0 Å². The van der Waals surface area contributed by atoms with Crippen LogP contribution in [0.2, 0.25) is 0 Å². The first-order valence-corrected chi connectivity index (χ1v) is 4.58. The number of carbonyl (C=O) groups is 1. The Morgan fingerprint density at radius 1 is 1.50 bits per heavy atom. The maximum absolute atomic E-state index is 11.3. The van der Waals surface area contributed by atoms with Crippen LogP contribution in [0, 0.1) is 0 Å². The van der Waals surface area contributed by atoms with Crippen LogP contribution in [-0.2, 0) is 0 Å². The lowest BCUT2D eigenvalue weighted by Gasteiger charge is -2.04. The van der Waals surface area contributed by atoms with Crippen molar-refractivity contribution in [3.05, 3.63) is 33.8 Å². The summed E-state index contributed by atoms with van der Waals surface area (Å²) >= 11 is 3.42. The predicted molar refractivity (Wildman–Crippen MR) is 50.0 cm³/mol. The molecule has 0 spiro atoms. The minimum absolute atomic E-state index is 0.0267. The fourth-order valence-electron chi connectivity index (χ4n) is 1.52. The summed E-state index contributed by atoms with van der Waals surface area (Å²) in [7, 11) is 0. The topological polar surface area (TPSA) is 29.1 Å². The number of halogens is 1. The first-order valence-electron chi connectivity index (χ1n) is 3.79. The third-order valence-electron chi connectivity index (χ3n) is 2.08. The van der Waals surface area contributed by atoms with Gasteiger partial charge in [-0.2, -0.15) is 0 Å². The zero-order valence-corrected chi connectivity index (χ0v) is 8.18. The van der Waals surface area contributed by atoms with Crippen molar-refractivity contribution in [2.45, 2.75) is 13.0 Å². The van der Waals surface area contributed by atoms with Gasteiger partial charge in [0.05, 0.1) is 6.04 Å². The molecule has 0 bridgehead atoms. The number of hydrogen-bond donors (Lipinski definition) is 1. The van der Waals surface area contributed by atoms with Crippen LogP contribution in [0.5, 0.6) is 0 Å². The summed E-state index contributed by atoms with van der Waals surface area (Å²) in [4.78, 5) is 11.3. The van der Waals surface area contributed by atoms with Crippen LogP contribution >= 0.6 is 15.9 Å². The average Bonchev–Trinajstić information content (AvgIpc) is 2.29. The standard InChI is InChI=1S/C9H8BrNO/c1-5-8-6(9(12)11-5)3-2-4-7(8)10/h2-5H,1H3,(H,11,12). The van der Waals surface area contributed by atoms with Crippen LogP contribution in [0.4, 0.5) is 0 Å². The van der Waals surface area contributed by atoms with E-state index in [0.29, 0.717) is 0 Å². The van der Waals surface area contributed by atoms with E-state index in [1.165, 1.54) is 0 Å². The van der Waals surface area contributed by atoms with Gasteiger partial charge in [-0.15, -0.1) is 0 Å². The molecule has 1 amide bonds. The first kappa shape index (κ1) is 7.80. The molecule has 3 heteroatoms. The minimum atomic E-state index is 0.0267. The van der Waals surface area contributed by atoms with Crippen molar-refractivity contribution >= 4 is 21.8 Å². The molecule has 1 aromatic carbocycles. The van der Waals surface area contributed by atoms with Gasteiger partial charge >= 0.3 is 0 Å². The highest BCUT2D eigenvalue weighted by molar-refractivity contribution is 9.10. The second kappa shape index (κ2) is 2.59. The second-order valence-electron chi connectivity index (χ2n) is 2.90. The van der Waals surface area contributed by atoms with Gasteiger partial charge < -0.3 is 5.32 Å². The summed E-state index contributed by atoms with van der Waals surface area (Å²) in [6.07, 6.45) is 0. The van der Waals surface area contributed by atoms with Crippen molar-refractivity contribution in [2.24, 2.45) is 0 Å². The molecule has 62 valence electrons. The van der Waals surface area contributed by atoms with Crippen molar-refractivity contribution in [2.75, 3.05) is 0 Å². The summed E-state index contributed by atoms with van der Waals surface area (Å²) in [5, 5.41) is 2.85. The van der Waals surface area contributed by atoms with E-state index in [-0.39, 0.29) is 11.9 Å². The molecule has 1 atom stereocenters. The van der Waals surface area contributed by atoms with Crippen LogP contribution in [0.1, 0.15) is 28.9 Å². The lowest BCUT2D eigenvalue weighted by atomic mass is 10.1. The Morgan fingerprint density at radius 3 is 2.92 bits per heavy atom. The number of nitrogens with one attached hydrogen (secondary N) is 1. The van der Waals surface area contributed by atoms with Gasteiger partial charge in [-0.1, -0.05) is 22.0 Å². The molecule has 0 saturated carbocycles. The van der Waals surface area contributed by atoms with E-state index in [2.05, 4.69) is 21.2 Å². The summed E-state index contributed by atoms with van der Waals surface area (Å²) in [6.45, 7) is 1.98. The second-order valence-corrected chi connectivity index (χ2v) is 3.75. The summed E-state index contributed by atoms with van der Waals surface area (Å²) in [5.74, 6) is 0.0267. The molecule has 1 N–H and O–H groups in total. The number of fused-ring (bicyclic) bond motifs is 1. The Morgan fingerprint density at radius 2 is 2.25 bits per heavy atom. The molecule has 1 aliphatic heterocycles. The number of benzene rings is 1. The minimum Gasteiger partial charge on any atom is -0.345 e. The monoisotopic (exact) mass is 225 g/mol. The SMILES string of the molecule is CC1NC(=O)c2cccc(Br)c21. The fraction of sp³-hybridized carbons (Fsp3) is 0.222. The van der Waals surface area contributed by atoms with Crippen molar-refractivity contribution in [3.8, 4) is 0 Å². The Hall–Kier alpha value is -0.830. The molecular formula is C9H8BrNO. The summed E-state index contributed by atoms with van der Waals surface area (Å²) in [5.41, 5.74) is 1.86. The van der Waals surface area contributed by atoms with Gasteiger partial charge in [0, 0.05) is 15.6 Å². The van der Waals surface area contributed by atoms with E-state index in [0.717, 1.165) is 15.6 Å². The molecule has 0 aromatic heterocycles. The molecule has 12 heavy (non-hydrogen) atoms. The molecule has 0 aliphatic carbocycles. The van der Waals surface area contributed by atoms with Gasteiger partial charge in [0.1, 0.15) is 0 Å². The Kier molecular flexibility index (Phi) is 1.68. The van der Waals surface area contributed by atoms with Gasteiger partial charge in [-0.3, -0.25) is 4.79 Å². The van der Waals surface area contributed by atoms with E-state index in [1.807, 2.05) is 25.1 Å². The summed E-state index contributed by atoms with van der Waals surface area (Å²) < 4.78 is 1.01. The lowest BCUT2D eigenvalue weighted by Crippen LogP contribution is -2.16. The van der Waals surface area contributed by atoms with Gasteiger partial charge in [0.2, 0.25) is 0 Å². The molecule has 1 heterocycles. The highest BCUT2D eigenvalue weighted by Gasteiger charge is 2.26. The van der Waals surface area contributed by atoms with Crippen LogP contribution < -0.4 is 5.32 Å². The molecule has 1 unspecified atom stereocenters. The average molecular weight is 226 g/mol. The van der Waals surface area contributed by atoms with Crippen LogP contribution in [0.25, 0.3) is 0 Å². The zero-order chi connectivity index (χ0) is 8.72. The van der Waals surface area contributed by atoms with Crippen molar-refractivity contribution in [3.63, 3.8) is 0 Å². The molecule has 2 nitrogen and oxygen atoms in total. The lowest BCUT2D eigenvalue weighted by molar-refractivity contribution is 0.0958. The van der Waals surface area contributed by atoms with E-state index >= 15 is 0 Å². The Bertz CT molecular complexity index is 348. The molecule has 1 aromatic rings. The summed E-state index contributed by atoms with van der Waals surface area (Å²) in [6, 6.07) is 5.80. The highest BCUT2D eigenvalue weighted by Crippen LogP contribution is 2.31. The van der Waals surface area contributed by atoms with E-state index in [9.17, 15) is 4.79 Å². The number of amides is 1. The molecule has 0 fully saturated rings. The van der Waals surface area contributed by atoms with Gasteiger partial charge in [-0.25, -0.2) is 0 Å². The number of rotatable bonds is 0.